The summed E-state index contributed by atoms with van der Waals surface area (Å²) in [7, 11) is -2.00. The summed E-state index contributed by atoms with van der Waals surface area (Å²) in [4.78, 5) is 24.7. The smallest absolute Gasteiger partial charge is 0.339 e. The van der Waals surface area contributed by atoms with Crippen molar-refractivity contribution in [3.63, 3.8) is 0 Å². The zero-order chi connectivity index (χ0) is 35.3. The first-order valence-electron chi connectivity index (χ1n) is 19.0. The molecule has 0 saturated heterocycles. The van der Waals surface area contributed by atoms with Gasteiger partial charge in [-0.15, -0.1) is 0 Å². The predicted molar refractivity (Wildman–Crippen MR) is 204 cm³/mol. The van der Waals surface area contributed by atoms with Crippen molar-refractivity contribution >= 4 is 30.3 Å². The highest BCUT2D eigenvalue weighted by atomic mass is 28.4. The molecule has 2 heterocycles. The largest absolute Gasteiger partial charge is 0.543 e. The molecule has 0 radical (unpaired) electrons. The summed E-state index contributed by atoms with van der Waals surface area (Å²) in [6.45, 7) is 15.8. The monoisotopic (exact) mass is 686 g/mol. The van der Waals surface area contributed by atoms with E-state index in [1.54, 1.807) is 0 Å². The molecule has 4 aromatic rings. The molecule has 6 rings (SSSR count). The number of fused-ring (bicyclic) bond motifs is 6. The molecule has 0 fully saturated rings. The molecule has 6 nitrogen and oxygen atoms in total. The maximum Gasteiger partial charge on any atom is 0.339 e. The minimum atomic E-state index is -2.00. The fourth-order valence-corrected chi connectivity index (χ4v) is 8.17. The van der Waals surface area contributed by atoms with Gasteiger partial charge >= 0.3 is 11.3 Å². The van der Waals surface area contributed by atoms with E-state index in [2.05, 4.69) is 59.8 Å². The van der Waals surface area contributed by atoms with E-state index in [9.17, 15) is 14.7 Å². The molecule has 0 spiro atoms. The van der Waals surface area contributed by atoms with Crippen LogP contribution in [-0.4, -0.2) is 13.4 Å². The van der Waals surface area contributed by atoms with Gasteiger partial charge in [-0.1, -0.05) is 60.3 Å². The molecular formula is C42H58O6Si. The van der Waals surface area contributed by atoms with Crippen molar-refractivity contribution in [3.8, 4) is 11.5 Å². The summed E-state index contributed by atoms with van der Waals surface area (Å²) < 4.78 is 18.1. The summed E-state index contributed by atoms with van der Waals surface area (Å²) in [5, 5.41) is 12.3. The van der Waals surface area contributed by atoms with E-state index in [1.165, 1.54) is 36.8 Å². The summed E-state index contributed by atoms with van der Waals surface area (Å²) in [5.41, 5.74) is 6.98. The molecule has 266 valence electrons. The Morgan fingerprint density at radius 1 is 0.673 bits per heavy atom. The van der Waals surface area contributed by atoms with Gasteiger partial charge in [-0.3, -0.25) is 0 Å². The molecule has 0 amide bonds. The van der Waals surface area contributed by atoms with E-state index in [1.807, 2.05) is 12.1 Å². The van der Waals surface area contributed by atoms with Crippen LogP contribution in [0.5, 0.6) is 11.5 Å². The van der Waals surface area contributed by atoms with Gasteiger partial charge in [0.25, 0.3) is 8.32 Å². The Kier molecular flexibility index (Phi) is 11.8. The van der Waals surface area contributed by atoms with Crippen LogP contribution in [0.3, 0.4) is 0 Å². The molecule has 2 aromatic heterocycles. The average Bonchev–Trinajstić information content (AvgIpc) is 3.04. The SMILES string of the molecule is CCCCCc1cc(O)c2c3c(c(=O)oc2c1)CCCC3.CCCCCc1cc(O[Si](C)(C)C(C)(C)C)c2c3c(c(=O)oc2c1)CCCC3. The first-order valence-corrected chi connectivity index (χ1v) is 21.9. The van der Waals surface area contributed by atoms with Crippen LogP contribution < -0.4 is 15.7 Å². The predicted octanol–water partition coefficient (Wildman–Crippen LogP) is 10.9. The van der Waals surface area contributed by atoms with Gasteiger partial charge in [0.05, 0.1) is 10.8 Å². The molecule has 2 aliphatic rings. The number of aryl methyl sites for hydroxylation is 4. The first kappa shape index (κ1) is 36.9. The molecular weight excluding hydrogens is 629 g/mol. The van der Waals surface area contributed by atoms with Gasteiger partial charge in [-0.25, -0.2) is 9.59 Å². The van der Waals surface area contributed by atoms with Crippen molar-refractivity contribution in [2.75, 3.05) is 0 Å². The molecule has 1 N–H and O–H groups in total. The van der Waals surface area contributed by atoms with Crippen LogP contribution in [0.4, 0.5) is 0 Å². The lowest BCUT2D eigenvalue weighted by atomic mass is 9.89. The third-order valence-corrected chi connectivity index (χ3v) is 15.4. The third kappa shape index (κ3) is 8.36. The lowest BCUT2D eigenvalue weighted by molar-refractivity contribution is 0.474. The Balaban J connectivity index is 0.000000199. The molecule has 0 saturated carbocycles. The highest BCUT2D eigenvalue weighted by Crippen LogP contribution is 2.42. The Morgan fingerprint density at radius 3 is 1.61 bits per heavy atom. The van der Waals surface area contributed by atoms with Crippen LogP contribution in [-0.2, 0) is 38.5 Å². The standard InChI is InChI=1S/C24H36O3Si.C18H22O3/c1-7-8-9-12-17-15-20-22(18-13-10-11-14-19(18)23(25)26-20)21(16-17)27-28(5,6)24(2,3)4;1-2-3-4-7-12-10-15(19)17-13-8-5-6-9-14(13)18(20)21-16(17)11-12/h15-16H,7-14H2,1-6H3;10-11,19H,2-9H2,1H3. The van der Waals surface area contributed by atoms with Crippen molar-refractivity contribution in [1.82, 2.24) is 0 Å². The number of aromatic hydroxyl groups is 1. The van der Waals surface area contributed by atoms with Crippen molar-refractivity contribution in [3.05, 3.63) is 78.5 Å². The molecule has 2 aliphatic carbocycles. The fraction of sp³-hybridized carbons (Fsp3) is 0.571. The van der Waals surface area contributed by atoms with Crippen LogP contribution in [0.25, 0.3) is 21.9 Å². The number of hydrogen-bond donors (Lipinski definition) is 1. The Hall–Kier alpha value is -3.32. The number of unbranched alkanes of at least 4 members (excludes halogenated alkanes) is 4. The van der Waals surface area contributed by atoms with E-state index in [0.717, 1.165) is 116 Å². The van der Waals surface area contributed by atoms with Crippen LogP contribution in [0.2, 0.25) is 18.1 Å². The van der Waals surface area contributed by atoms with Crippen molar-refractivity contribution in [2.24, 2.45) is 0 Å². The van der Waals surface area contributed by atoms with Crippen molar-refractivity contribution in [1.29, 1.82) is 0 Å². The maximum atomic E-state index is 12.6. The van der Waals surface area contributed by atoms with Gasteiger partial charge in [-0.05, 0) is 142 Å². The van der Waals surface area contributed by atoms with Gasteiger partial charge in [0.2, 0.25) is 0 Å². The molecule has 0 bridgehead atoms. The molecule has 7 heteroatoms. The summed E-state index contributed by atoms with van der Waals surface area (Å²) in [6.07, 6.45) is 16.6. The van der Waals surface area contributed by atoms with Crippen LogP contribution in [0.15, 0.2) is 42.7 Å². The normalized spacial score (nSPS) is 14.7. The fourth-order valence-electron chi connectivity index (χ4n) is 7.15. The quantitative estimate of drug-likeness (QED) is 0.101. The minimum absolute atomic E-state index is 0.118. The number of rotatable bonds is 10. The minimum Gasteiger partial charge on any atom is -0.543 e. The van der Waals surface area contributed by atoms with Crippen molar-refractivity contribution < 1.29 is 18.4 Å². The molecule has 0 unspecified atom stereocenters. The highest BCUT2D eigenvalue weighted by Gasteiger charge is 2.39. The lowest BCUT2D eigenvalue weighted by Gasteiger charge is -2.37. The van der Waals surface area contributed by atoms with Gasteiger partial charge in [0.15, 0.2) is 0 Å². The van der Waals surface area contributed by atoms with Gasteiger partial charge in [0.1, 0.15) is 22.7 Å². The van der Waals surface area contributed by atoms with Crippen molar-refractivity contribution in [2.45, 2.75) is 155 Å². The summed E-state index contributed by atoms with van der Waals surface area (Å²) in [6, 6.07) is 8.08. The number of phenols is 1. The highest BCUT2D eigenvalue weighted by molar-refractivity contribution is 6.74. The van der Waals surface area contributed by atoms with E-state index < -0.39 is 8.32 Å². The van der Waals surface area contributed by atoms with Crippen LogP contribution in [0.1, 0.15) is 132 Å². The van der Waals surface area contributed by atoms with E-state index in [-0.39, 0.29) is 22.0 Å². The number of benzene rings is 2. The second-order valence-electron chi connectivity index (χ2n) is 15.8. The zero-order valence-corrected chi connectivity index (χ0v) is 32.1. The van der Waals surface area contributed by atoms with Crippen LogP contribution >= 0.6 is 0 Å². The van der Waals surface area contributed by atoms with E-state index in [0.29, 0.717) is 11.2 Å². The van der Waals surface area contributed by atoms with E-state index >= 15 is 0 Å². The third-order valence-electron chi connectivity index (χ3n) is 11.0. The second-order valence-corrected chi connectivity index (χ2v) is 20.6. The Morgan fingerprint density at radius 2 is 1.12 bits per heavy atom. The molecule has 0 aliphatic heterocycles. The maximum absolute atomic E-state index is 12.6. The number of hydrogen-bond acceptors (Lipinski definition) is 6. The topological polar surface area (TPSA) is 89.9 Å². The molecule has 2 aromatic carbocycles. The summed E-state index contributed by atoms with van der Waals surface area (Å²) >= 11 is 0. The first-order chi connectivity index (χ1) is 23.3. The van der Waals surface area contributed by atoms with Gasteiger partial charge < -0.3 is 18.4 Å². The average molecular weight is 687 g/mol. The second kappa shape index (κ2) is 15.7. The zero-order valence-electron chi connectivity index (χ0n) is 31.1. The number of phenolic OH excluding ortho intramolecular Hbond substituents is 1. The van der Waals surface area contributed by atoms with Gasteiger partial charge in [0, 0.05) is 11.1 Å². The summed E-state index contributed by atoms with van der Waals surface area (Å²) in [5.74, 6) is 1.21. The van der Waals surface area contributed by atoms with E-state index in [4.69, 9.17) is 13.3 Å². The van der Waals surface area contributed by atoms with Crippen LogP contribution in [0, 0.1) is 0 Å². The lowest BCUT2D eigenvalue weighted by Crippen LogP contribution is -2.44. The van der Waals surface area contributed by atoms with Gasteiger partial charge in [-0.2, -0.15) is 0 Å². The Bertz CT molecular complexity index is 1890. The molecule has 0 atom stereocenters. The Labute approximate surface area is 293 Å². The molecule has 49 heavy (non-hydrogen) atoms.